The van der Waals surface area contributed by atoms with Gasteiger partial charge in [-0.15, -0.1) is 0 Å². The molecule has 6 nitrogen and oxygen atoms in total. The molecule has 2 aromatic carbocycles. The summed E-state index contributed by atoms with van der Waals surface area (Å²) in [5.74, 6) is 0.0945. The smallest absolute Gasteiger partial charge is 0.269 e. The summed E-state index contributed by atoms with van der Waals surface area (Å²) in [7, 11) is 0. The second kappa shape index (κ2) is 8.69. The molecule has 0 saturated heterocycles. The third-order valence-electron chi connectivity index (χ3n) is 3.43. The number of non-ortho nitro benzene ring substituents is 1. The van der Waals surface area contributed by atoms with Crippen LogP contribution in [0.1, 0.15) is 12.5 Å². The fourth-order valence-electron chi connectivity index (χ4n) is 2.07. The number of amides is 1. The molecule has 0 fully saturated rings. The molecule has 1 unspecified atom stereocenters. The predicted octanol–water partition coefficient (Wildman–Crippen LogP) is 4.03. The SMILES string of the molecule is CC(Oc1ccc(Cl)cc1Cl)C(=O)NCCc1ccc([N+](=O)[O-])cc1. The summed E-state index contributed by atoms with van der Waals surface area (Å²) in [5.41, 5.74) is 0.926. The number of ether oxygens (including phenoxy) is 1. The molecule has 25 heavy (non-hydrogen) atoms. The van der Waals surface area contributed by atoms with Crippen molar-refractivity contribution in [3.8, 4) is 5.75 Å². The summed E-state index contributed by atoms with van der Waals surface area (Å²) in [6.45, 7) is 2.00. The van der Waals surface area contributed by atoms with Gasteiger partial charge in [0.2, 0.25) is 0 Å². The highest BCUT2D eigenvalue weighted by atomic mass is 35.5. The van der Waals surface area contributed by atoms with Crippen LogP contribution in [0.2, 0.25) is 10.0 Å². The Morgan fingerprint density at radius 2 is 1.92 bits per heavy atom. The van der Waals surface area contributed by atoms with Gasteiger partial charge in [-0.25, -0.2) is 0 Å². The van der Waals surface area contributed by atoms with Crippen molar-refractivity contribution < 1.29 is 14.5 Å². The lowest BCUT2D eigenvalue weighted by molar-refractivity contribution is -0.384. The van der Waals surface area contributed by atoms with Crippen molar-refractivity contribution in [2.45, 2.75) is 19.4 Å². The van der Waals surface area contributed by atoms with Crippen molar-refractivity contribution in [2.24, 2.45) is 0 Å². The van der Waals surface area contributed by atoms with E-state index in [1.165, 1.54) is 18.2 Å². The Balaban J connectivity index is 1.82. The lowest BCUT2D eigenvalue weighted by Crippen LogP contribution is -2.37. The molecule has 1 amide bonds. The molecule has 0 aliphatic rings. The van der Waals surface area contributed by atoms with E-state index in [0.717, 1.165) is 5.56 Å². The van der Waals surface area contributed by atoms with Gasteiger partial charge in [-0.2, -0.15) is 0 Å². The Kier molecular flexibility index (Phi) is 6.61. The lowest BCUT2D eigenvalue weighted by Gasteiger charge is -2.15. The van der Waals surface area contributed by atoms with Gasteiger partial charge in [-0.05, 0) is 37.1 Å². The minimum absolute atomic E-state index is 0.0367. The van der Waals surface area contributed by atoms with Crippen LogP contribution >= 0.6 is 23.2 Å². The second-order valence-corrected chi connectivity index (χ2v) is 6.14. The molecule has 0 radical (unpaired) electrons. The van der Waals surface area contributed by atoms with E-state index in [-0.39, 0.29) is 11.6 Å². The molecule has 0 saturated carbocycles. The van der Waals surface area contributed by atoms with Crippen molar-refractivity contribution in [3.05, 3.63) is 68.2 Å². The lowest BCUT2D eigenvalue weighted by atomic mass is 10.1. The molecule has 1 N–H and O–H groups in total. The third kappa shape index (κ3) is 5.62. The van der Waals surface area contributed by atoms with E-state index in [1.807, 2.05) is 0 Å². The van der Waals surface area contributed by atoms with Gasteiger partial charge >= 0.3 is 0 Å². The minimum atomic E-state index is -0.726. The average Bonchev–Trinajstić information content (AvgIpc) is 2.57. The summed E-state index contributed by atoms with van der Waals surface area (Å²) in [5, 5.41) is 14.2. The van der Waals surface area contributed by atoms with Gasteiger partial charge in [0, 0.05) is 23.7 Å². The maximum Gasteiger partial charge on any atom is 0.269 e. The molecule has 2 rings (SSSR count). The van der Waals surface area contributed by atoms with E-state index in [0.29, 0.717) is 28.8 Å². The number of nitro groups is 1. The first-order chi connectivity index (χ1) is 11.9. The zero-order chi connectivity index (χ0) is 18.4. The summed E-state index contributed by atoms with van der Waals surface area (Å²) in [4.78, 5) is 22.2. The monoisotopic (exact) mass is 382 g/mol. The quantitative estimate of drug-likeness (QED) is 0.578. The summed E-state index contributed by atoms with van der Waals surface area (Å²) in [6, 6.07) is 11.0. The Hall–Kier alpha value is -2.31. The Morgan fingerprint density at radius 1 is 1.24 bits per heavy atom. The van der Waals surface area contributed by atoms with Crippen LogP contribution < -0.4 is 10.1 Å². The number of carbonyl (C=O) groups is 1. The van der Waals surface area contributed by atoms with Gasteiger partial charge in [0.25, 0.3) is 11.6 Å². The molecular weight excluding hydrogens is 367 g/mol. The Morgan fingerprint density at radius 3 is 2.52 bits per heavy atom. The molecular formula is C17H16Cl2N2O4. The molecule has 132 valence electrons. The Labute approximate surface area is 154 Å². The van der Waals surface area contributed by atoms with E-state index in [9.17, 15) is 14.9 Å². The van der Waals surface area contributed by atoms with Gasteiger partial charge in [-0.3, -0.25) is 14.9 Å². The molecule has 0 aliphatic carbocycles. The van der Waals surface area contributed by atoms with E-state index >= 15 is 0 Å². The fourth-order valence-corrected chi connectivity index (χ4v) is 2.53. The van der Waals surface area contributed by atoms with E-state index in [4.69, 9.17) is 27.9 Å². The number of rotatable bonds is 7. The van der Waals surface area contributed by atoms with Gasteiger partial charge in [0.1, 0.15) is 5.75 Å². The second-order valence-electron chi connectivity index (χ2n) is 5.30. The van der Waals surface area contributed by atoms with Crippen molar-refractivity contribution in [1.82, 2.24) is 5.32 Å². The average molecular weight is 383 g/mol. The van der Waals surface area contributed by atoms with Gasteiger partial charge in [0.15, 0.2) is 6.10 Å². The van der Waals surface area contributed by atoms with Crippen LogP contribution in [-0.2, 0) is 11.2 Å². The first kappa shape index (κ1) is 19.0. The van der Waals surface area contributed by atoms with Crippen molar-refractivity contribution in [3.63, 3.8) is 0 Å². The largest absolute Gasteiger partial charge is 0.479 e. The Bertz CT molecular complexity index is 766. The summed E-state index contributed by atoms with van der Waals surface area (Å²) >= 11 is 11.8. The van der Waals surface area contributed by atoms with Crippen LogP contribution in [0.3, 0.4) is 0 Å². The summed E-state index contributed by atoms with van der Waals surface area (Å²) in [6.07, 6.45) is -0.173. The molecule has 0 spiro atoms. The highest BCUT2D eigenvalue weighted by Gasteiger charge is 2.16. The van der Waals surface area contributed by atoms with Gasteiger partial charge in [0.05, 0.1) is 9.95 Å². The van der Waals surface area contributed by atoms with E-state index in [1.54, 1.807) is 31.2 Å². The normalized spacial score (nSPS) is 11.6. The first-order valence-electron chi connectivity index (χ1n) is 7.49. The number of halogens is 2. The van der Waals surface area contributed by atoms with Crippen LogP contribution in [0.15, 0.2) is 42.5 Å². The van der Waals surface area contributed by atoms with Gasteiger partial charge in [-0.1, -0.05) is 35.3 Å². The van der Waals surface area contributed by atoms with Crippen LogP contribution in [0.5, 0.6) is 5.75 Å². The minimum Gasteiger partial charge on any atom is -0.479 e. The zero-order valence-electron chi connectivity index (χ0n) is 13.4. The van der Waals surface area contributed by atoms with Crippen LogP contribution in [0, 0.1) is 10.1 Å². The van der Waals surface area contributed by atoms with Crippen molar-refractivity contribution >= 4 is 34.8 Å². The maximum absolute atomic E-state index is 12.1. The van der Waals surface area contributed by atoms with Gasteiger partial charge < -0.3 is 10.1 Å². The molecule has 0 bridgehead atoms. The van der Waals surface area contributed by atoms with Crippen molar-refractivity contribution in [2.75, 3.05) is 6.54 Å². The van der Waals surface area contributed by atoms with E-state index < -0.39 is 11.0 Å². The highest BCUT2D eigenvalue weighted by Crippen LogP contribution is 2.28. The fraction of sp³-hybridized carbons (Fsp3) is 0.235. The molecule has 8 heteroatoms. The predicted molar refractivity (Wildman–Crippen MR) is 96.4 cm³/mol. The summed E-state index contributed by atoms with van der Waals surface area (Å²) < 4.78 is 5.53. The number of carbonyl (C=O) groups excluding carboxylic acids is 1. The molecule has 0 aliphatic heterocycles. The topological polar surface area (TPSA) is 81.5 Å². The van der Waals surface area contributed by atoms with Crippen molar-refractivity contribution in [1.29, 1.82) is 0 Å². The number of nitrogens with zero attached hydrogens (tertiary/aromatic N) is 1. The number of nitro benzene ring substituents is 1. The number of hydrogen-bond donors (Lipinski definition) is 1. The number of benzene rings is 2. The number of hydrogen-bond acceptors (Lipinski definition) is 4. The standard InChI is InChI=1S/C17H16Cl2N2O4/c1-11(25-16-7-4-13(18)10-15(16)19)17(22)20-9-8-12-2-5-14(6-3-12)21(23)24/h2-7,10-11H,8-9H2,1H3,(H,20,22). The van der Waals surface area contributed by atoms with Crippen LogP contribution in [0.4, 0.5) is 5.69 Å². The molecule has 0 heterocycles. The number of nitrogens with one attached hydrogen (secondary N) is 1. The highest BCUT2D eigenvalue weighted by molar-refractivity contribution is 6.35. The third-order valence-corrected chi connectivity index (χ3v) is 3.96. The zero-order valence-corrected chi connectivity index (χ0v) is 14.9. The molecule has 0 aromatic heterocycles. The maximum atomic E-state index is 12.1. The first-order valence-corrected chi connectivity index (χ1v) is 8.25. The molecule has 1 atom stereocenters. The molecule has 2 aromatic rings. The van der Waals surface area contributed by atoms with Crippen LogP contribution in [-0.4, -0.2) is 23.5 Å². The van der Waals surface area contributed by atoms with Crippen LogP contribution in [0.25, 0.3) is 0 Å². The van der Waals surface area contributed by atoms with E-state index in [2.05, 4.69) is 5.32 Å².